The molecule has 1 aromatic rings. The van der Waals surface area contributed by atoms with E-state index in [9.17, 15) is 5.11 Å². The summed E-state index contributed by atoms with van der Waals surface area (Å²) in [7, 11) is 0. The highest BCUT2D eigenvalue weighted by Crippen LogP contribution is 2.24. The van der Waals surface area contributed by atoms with Crippen molar-refractivity contribution in [3.8, 4) is 0 Å². The van der Waals surface area contributed by atoms with Crippen LogP contribution in [0.5, 0.6) is 0 Å². The van der Waals surface area contributed by atoms with Gasteiger partial charge in [0.05, 0.1) is 18.9 Å². The molecule has 13 heavy (non-hydrogen) atoms. The van der Waals surface area contributed by atoms with Gasteiger partial charge < -0.3 is 9.84 Å². The molecular formula is C8H12ClNO2S. The second-order valence-corrected chi connectivity index (χ2v) is 4.59. The number of aliphatic hydroxyl groups is 1. The zero-order valence-electron chi connectivity index (χ0n) is 7.53. The first-order valence-corrected chi connectivity index (χ1v) is 5.20. The molecule has 0 bridgehead atoms. The minimum Gasteiger partial charge on any atom is -0.383 e. The largest absolute Gasteiger partial charge is 0.383 e. The summed E-state index contributed by atoms with van der Waals surface area (Å²) in [5.41, 5.74) is 0. The molecule has 1 unspecified atom stereocenters. The van der Waals surface area contributed by atoms with E-state index in [0.29, 0.717) is 9.34 Å². The fourth-order valence-corrected chi connectivity index (χ4v) is 1.68. The van der Waals surface area contributed by atoms with Crippen LogP contribution < -0.4 is 0 Å². The predicted molar refractivity (Wildman–Crippen MR) is 53.2 cm³/mol. The Bertz CT molecular complexity index is 264. The van der Waals surface area contributed by atoms with Gasteiger partial charge in [-0.1, -0.05) is 11.6 Å². The number of hydrogen-bond acceptors (Lipinski definition) is 4. The van der Waals surface area contributed by atoms with Gasteiger partial charge in [-0.2, -0.15) is 0 Å². The van der Waals surface area contributed by atoms with Crippen LogP contribution in [0.2, 0.25) is 4.34 Å². The average Bonchev–Trinajstić information content (AvgIpc) is 2.47. The summed E-state index contributed by atoms with van der Waals surface area (Å²) in [4.78, 5) is 3.95. The van der Waals surface area contributed by atoms with Gasteiger partial charge in [0.15, 0.2) is 0 Å². The summed E-state index contributed by atoms with van der Waals surface area (Å²) < 4.78 is 5.82. The molecule has 1 N–H and O–H groups in total. The summed E-state index contributed by atoms with van der Waals surface area (Å²) in [6, 6.07) is 0. The minimum absolute atomic E-state index is 0.116. The number of hydrogen-bond donors (Lipinski definition) is 1. The van der Waals surface area contributed by atoms with Crippen molar-refractivity contribution < 1.29 is 9.84 Å². The maximum absolute atomic E-state index is 9.55. The molecule has 0 aliphatic rings. The third kappa shape index (κ3) is 3.60. The molecule has 74 valence electrons. The summed E-state index contributed by atoms with van der Waals surface area (Å²) in [5, 5.41) is 10.1. The molecule has 0 aliphatic carbocycles. The minimum atomic E-state index is -0.667. The zero-order valence-corrected chi connectivity index (χ0v) is 9.10. The smallest absolute Gasteiger partial charge is 0.129 e. The summed E-state index contributed by atoms with van der Waals surface area (Å²) in [5.74, 6) is 0. The van der Waals surface area contributed by atoms with Crippen LogP contribution in [0.25, 0.3) is 0 Å². The summed E-state index contributed by atoms with van der Waals surface area (Å²) in [6.07, 6.45) is 0.977. The zero-order chi connectivity index (χ0) is 9.84. The lowest BCUT2D eigenvalue weighted by molar-refractivity contribution is 0.00485. The highest BCUT2D eigenvalue weighted by Gasteiger charge is 2.12. The van der Waals surface area contributed by atoms with Gasteiger partial charge in [-0.3, -0.25) is 0 Å². The standard InChI is InChI=1S/C8H12ClNO2S/c1-5(2)12-4-6(11)8-10-3-7(9)13-8/h3,5-6,11H,4H2,1-2H3. The monoisotopic (exact) mass is 221 g/mol. The van der Waals surface area contributed by atoms with E-state index in [4.69, 9.17) is 16.3 Å². The summed E-state index contributed by atoms with van der Waals surface area (Å²) in [6.45, 7) is 4.10. The van der Waals surface area contributed by atoms with E-state index in [0.717, 1.165) is 0 Å². The molecule has 0 saturated carbocycles. The van der Waals surface area contributed by atoms with Crippen molar-refractivity contribution in [2.45, 2.75) is 26.1 Å². The van der Waals surface area contributed by atoms with Crippen LogP contribution in [0.3, 0.4) is 0 Å². The Morgan fingerprint density at radius 1 is 1.69 bits per heavy atom. The van der Waals surface area contributed by atoms with Crippen molar-refractivity contribution in [1.29, 1.82) is 0 Å². The van der Waals surface area contributed by atoms with E-state index in [-0.39, 0.29) is 12.7 Å². The SMILES string of the molecule is CC(C)OCC(O)c1ncc(Cl)s1. The molecule has 1 atom stereocenters. The van der Waals surface area contributed by atoms with E-state index in [1.54, 1.807) is 0 Å². The van der Waals surface area contributed by atoms with Gasteiger partial charge in [0.1, 0.15) is 15.4 Å². The first-order valence-electron chi connectivity index (χ1n) is 4.00. The lowest BCUT2D eigenvalue weighted by Gasteiger charge is -2.10. The summed E-state index contributed by atoms with van der Waals surface area (Å²) >= 11 is 6.94. The van der Waals surface area contributed by atoms with E-state index in [1.807, 2.05) is 13.8 Å². The molecule has 5 heteroatoms. The molecule has 3 nitrogen and oxygen atoms in total. The van der Waals surface area contributed by atoms with Crippen molar-refractivity contribution in [1.82, 2.24) is 4.98 Å². The van der Waals surface area contributed by atoms with E-state index in [2.05, 4.69) is 4.98 Å². The Morgan fingerprint density at radius 2 is 2.38 bits per heavy atom. The maximum atomic E-state index is 9.55. The van der Waals surface area contributed by atoms with Gasteiger partial charge in [0.25, 0.3) is 0 Å². The van der Waals surface area contributed by atoms with Crippen molar-refractivity contribution in [3.63, 3.8) is 0 Å². The van der Waals surface area contributed by atoms with Crippen molar-refractivity contribution in [2.75, 3.05) is 6.61 Å². The van der Waals surface area contributed by atoms with Crippen LogP contribution >= 0.6 is 22.9 Å². The second kappa shape index (κ2) is 4.91. The molecule has 0 fully saturated rings. The van der Waals surface area contributed by atoms with Gasteiger partial charge >= 0.3 is 0 Å². The number of thiazole rings is 1. The van der Waals surface area contributed by atoms with Crippen LogP contribution in [0, 0.1) is 0 Å². The van der Waals surface area contributed by atoms with Gasteiger partial charge in [-0.15, -0.1) is 11.3 Å². The quantitative estimate of drug-likeness (QED) is 0.848. The Balaban J connectivity index is 2.44. The predicted octanol–water partition coefficient (Wildman–Crippen LogP) is 2.25. The molecule has 1 aromatic heterocycles. The highest BCUT2D eigenvalue weighted by molar-refractivity contribution is 7.15. The average molecular weight is 222 g/mol. The number of ether oxygens (including phenoxy) is 1. The number of rotatable bonds is 4. The number of nitrogens with zero attached hydrogens (tertiary/aromatic N) is 1. The van der Waals surface area contributed by atoms with Gasteiger partial charge in [0.2, 0.25) is 0 Å². The number of aliphatic hydroxyl groups excluding tert-OH is 1. The molecule has 0 radical (unpaired) electrons. The fourth-order valence-electron chi connectivity index (χ4n) is 0.776. The Morgan fingerprint density at radius 3 is 2.85 bits per heavy atom. The molecule has 0 spiro atoms. The van der Waals surface area contributed by atoms with Crippen LogP contribution in [0.4, 0.5) is 0 Å². The molecule has 0 aliphatic heterocycles. The Hall–Kier alpha value is -0.160. The Kier molecular flexibility index (Phi) is 4.12. The van der Waals surface area contributed by atoms with E-state index in [1.165, 1.54) is 17.5 Å². The highest BCUT2D eigenvalue weighted by atomic mass is 35.5. The van der Waals surface area contributed by atoms with Crippen molar-refractivity contribution in [3.05, 3.63) is 15.5 Å². The molecule has 1 heterocycles. The van der Waals surface area contributed by atoms with Crippen LogP contribution in [-0.2, 0) is 4.74 Å². The molecule has 0 aromatic carbocycles. The first-order chi connectivity index (χ1) is 6.09. The number of halogens is 1. The van der Waals surface area contributed by atoms with Crippen LogP contribution in [0.15, 0.2) is 6.20 Å². The molecule has 0 saturated heterocycles. The van der Waals surface area contributed by atoms with E-state index >= 15 is 0 Å². The fraction of sp³-hybridized carbons (Fsp3) is 0.625. The molecular weight excluding hydrogens is 210 g/mol. The van der Waals surface area contributed by atoms with Crippen LogP contribution in [-0.4, -0.2) is 22.8 Å². The van der Waals surface area contributed by atoms with E-state index < -0.39 is 6.10 Å². The van der Waals surface area contributed by atoms with Crippen molar-refractivity contribution in [2.24, 2.45) is 0 Å². The maximum Gasteiger partial charge on any atom is 0.129 e. The van der Waals surface area contributed by atoms with Gasteiger partial charge in [-0.25, -0.2) is 4.98 Å². The first kappa shape index (κ1) is 10.9. The third-order valence-corrected chi connectivity index (χ3v) is 2.58. The topological polar surface area (TPSA) is 42.4 Å². The third-order valence-electron chi connectivity index (χ3n) is 1.37. The normalized spacial score (nSPS) is 13.6. The van der Waals surface area contributed by atoms with Crippen molar-refractivity contribution >= 4 is 22.9 Å². The number of aromatic nitrogens is 1. The Labute approximate surface area is 86.3 Å². The lowest BCUT2D eigenvalue weighted by atomic mass is 10.4. The van der Waals surface area contributed by atoms with Gasteiger partial charge in [-0.05, 0) is 13.8 Å². The molecule has 1 rings (SSSR count). The molecule has 0 amide bonds. The van der Waals surface area contributed by atoms with Crippen LogP contribution in [0.1, 0.15) is 25.0 Å². The lowest BCUT2D eigenvalue weighted by Crippen LogP contribution is -2.11. The second-order valence-electron chi connectivity index (χ2n) is 2.90. The van der Waals surface area contributed by atoms with Gasteiger partial charge in [0, 0.05) is 0 Å².